The lowest BCUT2D eigenvalue weighted by molar-refractivity contribution is 0.468. The third kappa shape index (κ3) is 1.53. The molecule has 0 unspecified atom stereocenters. The Morgan fingerprint density at radius 2 is 2.14 bits per heavy atom. The molecule has 0 aliphatic rings. The van der Waals surface area contributed by atoms with Crippen LogP contribution in [0.3, 0.4) is 0 Å². The number of phenolic OH excluding ortho intramolecular Hbond substituents is 1. The average molecular weight is 255 g/mol. The first-order chi connectivity index (χ1) is 6.70. The van der Waals surface area contributed by atoms with Crippen LogP contribution in [-0.4, -0.2) is 5.11 Å². The maximum Gasteiger partial charge on any atom is 0.336 e. The molecule has 1 heterocycles. The highest BCUT2D eigenvalue weighted by Gasteiger charge is 2.04. The van der Waals surface area contributed by atoms with Crippen molar-refractivity contribution in [3.05, 3.63) is 40.2 Å². The van der Waals surface area contributed by atoms with Gasteiger partial charge in [0.1, 0.15) is 11.3 Å². The second-order valence-corrected chi connectivity index (χ2v) is 3.47. The SMILES string of the molecule is O=c1ccc2cc(CBr)c(O)cc2o1. The quantitative estimate of drug-likeness (QED) is 0.628. The lowest BCUT2D eigenvalue weighted by Crippen LogP contribution is -1.94. The smallest absolute Gasteiger partial charge is 0.336 e. The average Bonchev–Trinajstić information content (AvgIpc) is 2.16. The summed E-state index contributed by atoms with van der Waals surface area (Å²) in [5.74, 6) is 0.128. The fourth-order valence-electron chi connectivity index (χ4n) is 1.26. The maximum absolute atomic E-state index is 10.9. The minimum Gasteiger partial charge on any atom is -0.507 e. The van der Waals surface area contributed by atoms with Crippen molar-refractivity contribution >= 4 is 26.9 Å². The van der Waals surface area contributed by atoms with Crippen LogP contribution in [0.4, 0.5) is 0 Å². The summed E-state index contributed by atoms with van der Waals surface area (Å²) in [6.45, 7) is 0. The van der Waals surface area contributed by atoms with Crippen molar-refractivity contribution in [3.8, 4) is 5.75 Å². The Hall–Kier alpha value is -1.29. The molecule has 72 valence electrons. The molecule has 0 saturated heterocycles. The van der Waals surface area contributed by atoms with Gasteiger partial charge in [-0.25, -0.2) is 4.79 Å². The van der Waals surface area contributed by atoms with Gasteiger partial charge in [0.2, 0.25) is 0 Å². The van der Waals surface area contributed by atoms with Crippen molar-refractivity contribution in [1.82, 2.24) is 0 Å². The number of benzene rings is 1. The number of fused-ring (bicyclic) bond motifs is 1. The van der Waals surface area contributed by atoms with E-state index in [9.17, 15) is 9.90 Å². The van der Waals surface area contributed by atoms with Crippen LogP contribution < -0.4 is 5.63 Å². The van der Waals surface area contributed by atoms with Gasteiger partial charge < -0.3 is 9.52 Å². The van der Waals surface area contributed by atoms with Crippen LogP contribution in [0.15, 0.2) is 33.5 Å². The van der Waals surface area contributed by atoms with Gasteiger partial charge in [-0.2, -0.15) is 0 Å². The predicted octanol–water partition coefficient (Wildman–Crippen LogP) is 2.39. The zero-order valence-electron chi connectivity index (χ0n) is 7.16. The van der Waals surface area contributed by atoms with E-state index in [4.69, 9.17) is 4.42 Å². The molecule has 1 aromatic carbocycles. The molecule has 0 aliphatic carbocycles. The number of halogens is 1. The summed E-state index contributed by atoms with van der Waals surface area (Å²) in [5, 5.41) is 10.9. The first-order valence-electron chi connectivity index (χ1n) is 4.02. The highest BCUT2D eigenvalue weighted by Crippen LogP contribution is 2.25. The molecular weight excluding hydrogens is 248 g/mol. The predicted molar refractivity (Wildman–Crippen MR) is 56.8 cm³/mol. The Bertz CT molecular complexity index is 530. The van der Waals surface area contributed by atoms with E-state index >= 15 is 0 Å². The number of hydrogen-bond acceptors (Lipinski definition) is 3. The monoisotopic (exact) mass is 254 g/mol. The summed E-state index contributed by atoms with van der Waals surface area (Å²) in [7, 11) is 0. The van der Waals surface area contributed by atoms with Crippen molar-refractivity contribution in [1.29, 1.82) is 0 Å². The minimum atomic E-state index is -0.413. The number of rotatable bonds is 1. The molecule has 0 saturated carbocycles. The van der Waals surface area contributed by atoms with Crippen molar-refractivity contribution in [3.63, 3.8) is 0 Å². The first kappa shape index (κ1) is 9.27. The Kier molecular flexibility index (Phi) is 2.29. The topological polar surface area (TPSA) is 50.4 Å². The summed E-state index contributed by atoms with van der Waals surface area (Å²) >= 11 is 3.26. The molecule has 4 heteroatoms. The lowest BCUT2D eigenvalue weighted by Gasteiger charge is -2.02. The molecule has 1 aromatic heterocycles. The summed E-state index contributed by atoms with van der Waals surface area (Å²) in [4.78, 5) is 10.9. The summed E-state index contributed by atoms with van der Waals surface area (Å²) in [6.07, 6.45) is 0. The summed E-state index contributed by atoms with van der Waals surface area (Å²) in [6, 6.07) is 6.26. The van der Waals surface area contributed by atoms with E-state index < -0.39 is 5.63 Å². The fourth-order valence-corrected chi connectivity index (χ4v) is 1.71. The number of aromatic hydroxyl groups is 1. The number of alkyl halides is 1. The Balaban J connectivity index is 2.79. The molecule has 0 aliphatic heterocycles. The first-order valence-corrected chi connectivity index (χ1v) is 5.14. The van der Waals surface area contributed by atoms with Gasteiger partial charge in [-0.15, -0.1) is 0 Å². The van der Waals surface area contributed by atoms with Crippen LogP contribution in [-0.2, 0) is 5.33 Å². The summed E-state index contributed by atoms with van der Waals surface area (Å²) in [5.41, 5.74) is 0.759. The third-order valence-corrected chi connectivity index (χ3v) is 2.57. The molecule has 14 heavy (non-hydrogen) atoms. The van der Waals surface area contributed by atoms with Gasteiger partial charge in [0.05, 0.1) is 0 Å². The lowest BCUT2D eigenvalue weighted by atomic mass is 10.1. The highest BCUT2D eigenvalue weighted by atomic mass is 79.9. The molecule has 0 spiro atoms. The van der Waals surface area contributed by atoms with Crippen LogP contribution in [0, 0.1) is 0 Å². The standard InChI is InChI=1S/C10H7BrO3/c11-5-7-3-6-1-2-10(13)14-9(6)4-8(7)12/h1-4,12H,5H2. The van der Waals surface area contributed by atoms with E-state index in [1.165, 1.54) is 12.1 Å². The Morgan fingerprint density at radius 1 is 1.36 bits per heavy atom. The van der Waals surface area contributed by atoms with Crippen LogP contribution in [0.1, 0.15) is 5.56 Å². The molecular formula is C10H7BrO3. The zero-order chi connectivity index (χ0) is 10.1. The molecule has 2 rings (SSSR count). The molecule has 0 radical (unpaired) electrons. The summed E-state index contributed by atoms with van der Waals surface area (Å²) < 4.78 is 4.91. The van der Waals surface area contributed by atoms with E-state index in [1.807, 2.05) is 0 Å². The second kappa shape index (κ2) is 3.46. The molecule has 1 N–H and O–H groups in total. The van der Waals surface area contributed by atoms with Gasteiger partial charge in [0, 0.05) is 28.4 Å². The van der Waals surface area contributed by atoms with Gasteiger partial charge in [-0.3, -0.25) is 0 Å². The van der Waals surface area contributed by atoms with Crippen molar-refractivity contribution in [2.75, 3.05) is 0 Å². The largest absolute Gasteiger partial charge is 0.507 e. The van der Waals surface area contributed by atoms with Gasteiger partial charge in [0.15, 0.2) is 0 Å². The van der Waals surface area contributed by atoms with Crippen LogP contribution in [0.5, 0.6) is 5.75 Å². The molecule has 0 atom stereocenters. The molecule has 0 amide bonds. The number of hydrogen-bond donors (Lipinski definition) is 1. The Morgan fingerprint density at radius 3 is 2.86 bits per heavy atom. The fraction of sp³-hybridized carbons (Fsp3) is 0.100. The van der Waals surface area contributed by atoms with Gasteiger partial charge >= 0.3 is 5.63 Å². The van der Waals surface area contributed by atoms with Gasteiger partial charge in [0.25, 0.3) is 0 Å². The van der Waals surface area contributed by atoms with Crippen molar-refractivity contribution in [2.45, 2.75) is 5.33 Å². The van der Waals surface area contributed by atoms with Crippen molar-refractivity contribution in [2.24, 2.45) is 0 Å². The van der Waals surface area contributed by atoms with E-state index in [0.29, 0.717) is 10.9 Å². The third-order valence-electron chi connectivity index (χ3n) is 1.96. The molecule has 3 nitrogen and oxygen atoms in total. The molecule has 0 fully saturated rings. The minimum absolute atomic E-state index is 0.128. The van der Waals surface area contributed by atoms with E-state index in [1.54, 1.807) is 12.1 Å². The van der Waals surface area contributed by atoms with E-state index in [0.717, 1.165) is 10.9 Å². The van der Waals surface area contributed by atoms with Crippen LogP contribution in [0.25, 0.3) is 11.0 Å². The van der Waals surface area contributed by atoms with Gasteiger partial charge in [-0.1, -0.05) is 15.9 Å². The normalized spacial score (nSPS) is 10.6. The molecule has 0 bridgehead atoms. The molecule has 2 aromatic rings. The second-order valence-electron chi connectivity index (χ2n) is 2.91. The van der Waals surface area contributed by atoms with Crippen molar-refractivity contribution < 1.29 is 9.52 Å². The van der Waals surface area contributed by atoms with Gasteiger partial charge in [-0.05, 0) is 12.1 Å². The van der Waals surface area contributed by atoms with E-state index in [-0.39, 0.29) is 5.75 Å². The highest BCUT2D eigenvalue weighted by molar-refractivity contribution is 9.08. The van der Waals surface area contributed by atoms with Crippen LogP contribution in [0.2, 0.25) is 0 Å². The Labute approximate surface area is 88.1 Å². The zero-order valence-corrected chi connectivity index (χ0v) is 8.74. The van der Waals surface area contributed by atoms with Crippen LogP contribution >= 0.6 is 15.9 Å². The number of phenols is 1. The van der Waals surface area contributed by atoms with E-state index in [2.05, 4.69) is 15.9 Å². The maximum atomic E-state index is 10.9.